The molecule has 104 valence electrons. The second-order valence-corrected chi connectivity index (χ2v) is 6.98. The number of aliphatic hydroxyl groups excluding tert-OH is 1. The lowest BCUT2D eigenvalue weighted by Crippen LogP contribution is -2.11. The van der Waals surface area contributed by atoms with E-state index in [1.807, 2.05) is 6.92 Å². The van der Waals surface area contributed by atoms with Gasteiger partial charge in [0.25, 0.3) is 0 Å². The average Bonchev–Trinajstić information content (AvgIpc) is 2.98. The van der Waals surface area contributed by atoms with Gasteiger partial charge >= 0.3 is 0 Å². The number of sulfone groups is 1. The van der Waals surface area contributed by atoms with Crippen LogP contribution < -0.4 is 0 Å². The van der Waals surface area contributed by atoms with Crippen LogP contribution in [0.3, 0.4) is 0 Å². The molecule has 0 aliphatic rings. The van der Waals surface area contributed by atoms with E-state index in [-0.39, 0.29) is 16.7 Å². The molecule has 0 atom stereocenters. The molecule has 2 aromatic heterocycles. The van der Waals surface area contributed by atoms with Crippen molar-refractivity contribution >= 4 is 21.2 Å². The Bertz CT molecular complexity index is 675. The van der Waals surface area contributed by atoms with Crippen molar-refractivity contribution in [2.45, 2.75) is 37.1 Å². The van der Waals surface area contributed by atoms with Gasteiger partial charge in [0.05, 0.1) is 23.7 Å². The molecule has 2 aromatic rings. The monoisotopic (exact) mass is 302 g/mol. The fraction of sp³-hybridized carbons (Fsp3) is 0.500. The first kappa shape index (κ1) is 14.1. The van der Waals surface area contributed by atoms with Gasteiger partial charge in [0.1, 0.15) is 5.75 Å². The summed E-state index contributed by atoms with van der Waals surface area (Å²) < 4.78 is 26.1. The zero-order chi connectivity index (χ0) is 14.0. The van der Waals surface area contributed by atoms with Crippen LogP contribution in [0.1, 0.15) is 24.0 Å². The van der Waals surface area contributed by atoms with E-state index in [1.165, 1.54) is 5.38 Å². The Balaban J connectivity index is 2.33. The number of aromatic nitrogens is 4. The van der Waals surface area contributed by atoms with Crippen LogP contribution in [0, 0.1) is 6.92 Å². The SMILES string of the molecule is CCn1nnc(C)c1CS(=O)(=O)c1nc(CO)cs1. The fourth-order valence-electron chi connectivity index (χ4n) is 1.60. The topological polar surface area (TPSA) is 98.0 Å². The fourth-order valence-corrected chi connectivity index (χ4v) is 4.14. The van der Waals surface area contributed by atoms with Crippen molar-refractivity contribution in [3.63, 3.8) is 0 Å². The highest BCUT2D eigenvalue weighted by molar-refractivity contribution is 7.92. The minimum Gasteiger partial charge on any atom is -0.390 e. The van der Waals surface area contributed by atoms with E-state index < -0.39 is 9.84 Å². The third-order valence-corrected chi connectivity index (χ3v) is 5.63. The van der Waals surface area contributed by atoms with E-state index in [0.717, 1.165) is 11.3 Å². The largest absolute Gasteiger partial charge is 0.390 e. The maximum absolute atomic E-state index is 12.2. The molecular formula is C10H14N4O3S2. The normalized spacial score (nSPS) is 11.9. The number of aryl methyl sites for hydroxylation is 2. The van der Waals surface area contributed by atoms with Crippen molar-refractivity contribution in [1.29, 1.82) is 0 Å². The molecule has 19 heavy (non-hydrogen) atoms. The quantitative estimate of drug-likeness (QED) is 0.865. The van der Waals surface area contributed by atoms with Gasteiger partial charge in [-0.3, -0.25) is 0 Å². The third-order valence-electron chi connectivity index (χ3n) is 2.62. The summed E-state index contributed by atoms with van der Waals surface area (Å²) >= 11 is 1.01. The molecule has 0 aliphatic carbocycles. The van der Waals surface area contributed by atoms with Gasteiger partial charge in [0, 0.05) is 11.9 Å². The van der Waals surface area contributed by atoms with Gasteiger partial charge in [-0.25, -0.2) is 18.1 Å². The van der Waals surface area contributed by atoms with E-state index in [0.29, 0.717) is 23.6 Å². The zero-order valence-electron chi connectivity index (χ0n) is 10.6. The van der Waals surface area contributed by atoms with Crippen LogP contribution in [-0.2, 0) is 28.7 Å². The van der Waals surface area contributed by atoms with E-state index in [2.05, 4.69) is 15.3 Å². The first-order chi connectivity index (χ1) is 8.97. The van der Waals surface area contributed by atoms with E-state index >= 15 is 0 Å². The lowest BCUT2D eigenvalue weighted by Gasteiger charge is -2.04. The van der Waals surface area contributed by atoms with Crippen molar-refractivity contribution in [2.75, 3.05) is 0 Å². The van der Waals surface area contributed by atoms with Crippen LogP contribution >= 0.6 is 11.3 Å². The Hall–Kier alpha value is -1.32. The molecule has 1 N–H and O–H groups in total. The van der Waals surface area contributed by atoms with E-state index in [1.54, 1.807) is 11.6 Å². The molecule has 0 aliphatic heterocycles. The van der Waals surface area contributed by atoms with E-state index in [9.17, 15) is 8.42 Å². The number of hydrogen-bond acceptors (Lipinski definition) is 7. The lowest BCUT2D eigenvalue weighted by atomic mass is 10.4. The highest BCUT2D eigenvalue weighted by Crippen LogP contribution is 2.21. The Morgan fingerprint density at radius 3 is 2.79 bits per heavy atom. The molecule has 0 radical (unpaired) electrons. The van der Waals surface area contributed by atoms with Crippen LogP contribution in [0.25, 0.3) is 0 Å². The van der Waals surface area contributed by atoms with Gasteiger partial charge in [-0.05, 0) is 13.8 Å². The minimum atomic E-state index is -3.53. The molecule has 2 rings (SSSR count). The molecule has 0 saturated carbocycles. The number of nitrogens with zero attached hydrogens (tertiary/aromatic N) is 4. The van der Waals surface area contributed by atoms with Crippen LogP contribution in [0.15, 0.2) is 9.72 Å². The van der Waals surface area contributed by atoms with Gasteiger partial charge in [0.15, 0.2) is 0 Å². The molecule has 0 saturated heterocycles. The number of hydrogen-bond donors (Lipinski definition) is 1. The second kappa shape index (κ2) is 5.35. The molecule has 9 heteroatoms. The summed E-state index contributed by atoms with van der Waals surface area (Å²) in [7, 11) is -3.53. The number of thiazole rings is 1. The Kier molecular flexibility index (Phi) is 3.97. The summed E-state index contributed by atoms with van der Waals surface area (Å²) in [5.74, 6) is -0.182. The van der Waals surface area contributed by atoms with Crippen LogP contribution in [0.2, 0.25) is 0 Å². The molecular weight excluding hydrogens is 288 g/mol. The summed E-state index contributed by atoms with van der Waals surface area (Å²) in [4.78, 5) is 3.90. The van der Waals surface area contributed by atoms with Crippen LogP contribution in [0.4, 0.5) is 0 Å². The molecule has 0 unspecified atom stereocenters. The van der Waals surface area contributed by atoms with Crippen molar-refractivity contribution in [1.82, 2.24) is 20.0 Å². The molecule has 0 spiro atoms. The van der Waals surface area contributed by atoms with Crippen molar-refractivity contribution in [2.24, 2.45) is 0 Å². The first-order valence-corrected chi connectivity index (χ1v) is 8.18. The first-order valence-electron chi connectivity index (χ1n) is 5.65. The van der Waals surface area contributed by atoms with Gasteiger partial charge < -0.3 is 5.11 Å². The maximum Gasteiger partial charge on any atom is 0.211 e. The van der Waals surface area contributed by atoms with E-state index in [4.69, 9.17) is 5.11 Å². The van der Waals surface area contributed by atoms with Crippen molar-refractivity contribution in [3.05, 3.63) is 22.5 Å². The Morgan fingerprint density at radius 2 is 2.21 bits per heavy atom. The van der Waals surface area contributed by atoms with Crippen LogP contribution in [0.5, 0.6) is 0 Å². The lowest BCUT2D eigenvalue weighted by molar-refractivity contribution is 0.277. The second-order valence-electron chi connectivity index (χ2n) is 3.96. The average molecular weight is 302 g/mol. The van der Waals surface area contributed by atoms with Gasteiger partial charge in [-0.15, -0.1) is 16.4 Å². The summed E-state index contributed by atoms with van der Waals surface area (Å²) in [5.41, 5.74) is 1.54. The Labute approximate surface area is 114 Å². The van der Waals surface area contributed by atoms with Gasteiger partial charge in [-0.1, -0.05) is 5.21 Å². The summed E-state index contributed by atoms with van der Waals surface area (Å²) in [6.07, 6.45) is 0. The molecule has 0 aromatic carbocycles. The van der Waals surface area contributed by atoms with Crippen LogP contribution in [-0.4, -0.2) is 33.5 Å². The predicted molar refractivity (Wildman–Crippen MR) is 69.4 cm³/mol. The molecule has 0 amide bonds. The number of rotatable bonds is 5. The molecule has 7 nitrogen and oxygen atoms in total. The predicted octanol–water partition coefficient (Wildman–Crippen LogP) is 0.529. The standard InChI is InChI=1S/C10H14N4O3S2/c1-3-14-9(7(2)12-13-14)6-19(16,17)10-11-8(4-15)5-18-10/h5,15H,3-4,6H2,1-2H3. The van der Waals surface area contributed by atoms with Gasteiger partial charge in [-0.2, -0.15) is 0 Å². The minimum absolute atomic E-state index is 0.0137. The Morgan fingerprint density at radius 1 is 1.47 bits per heavy atom. The maximum atomic E-state index is 12.2. The smallest absolute Gasteiger partial charge is 0.211 e. The molecule has 2 heterocycles. The van der Waals surface area contributed by atoms with Gasteiger partial charge in [0.2, 0.25) is 14.2 Å². The third kappa shape index (κ3) is 2.82. The summed E-state index contributed by atoms with van der Waals surface area (Å²) in [5, 5.41) is 18.2. The zero-order valence-corrected chi connectivity index (χ0v) is 12.2. The summed E-state index contributed by atoms with van der Waals surface area (Å²) in [6, 6.07) is 0. The number of aliphatic hydroxyl groups is 1. The summed E-state index contributed by atoms with van der Waals surface area (Å²) in [6.45, 7) is 3.90. The molecule has 0 bridgehead atoms. The van der Waals surface area contributed by atoms with Crippen molar-refractivity contribution < 1.29 is 13.5 Å². The highest BCUT2D eigenvalue weighted by atomic mass is 32.2. The molecule has 0 fully saturated rings. The van der Waals surface area contributed by atoms with Crippen molar-refractivity contribution in [3.8, 4) is 0 Å². The highest BCUT2D eigenvalue weighted by Gasteiger charge is 2.23.